The molecular weight excluding hydrogens is 236 g/mol. The minimum atomic E-state index is -0.763. The fraction of sp³-hybridized carbons (Fsp3) is 0.571. The molecule has 0 amide bonds. The van der Waals surface area contributed by atoms with E-state index in [-0.39, 0.29) is 12.1 Å². The van der Waals surface area contributed by atoms with Crippen LogP contribution in [0, 0.1) is 18.6 Å². The molecule has 2 atom stereocenters. The third kappa shape index (κ3) is 3.50. The van der Waals surface area contributed by atoms with Gasteiger partial charge in [0, 0.05) is 18.7 Å². The Labute approximate surface area is 107 Å². The molecule has 0 spiro atoms. The van der Waals surface area contributed by atoms with E-state index in [0.717, 1.165) is 0 Å². The maximum Gasteiger partial charge on any atom is 0.163 e. The average molecular weight is 257 g/mol. The van der Waals surface area contributed by atoms with E-state index in [1.807, 2.05) is 13.8 Å². The van der Waals surface area contributed by atoms with Crippen LogP contribution in [0.15, 0.2) is 12.1 Å². The molecule has 1 rings (SSSR count). The molecule has 4 heteroatoms. The summed E-state index contributed by atoms with van der Waals surface area (Å²) in [7, 11) is 1.61. The zero-order chi connectivity index (χ0) is 13.7. The van der Waals surface area contributed by atoms with Gasteiger partial charge < -0.3 is 10.1 Å². The summed E-state index contributed by atoms with van der Waals surface area (Å²) in [5.74, 6) is -1.52. The number of hydrogen-bond acceptors (Lipinski definition) is 2. The van der Waals surface area contributed by atoms with Crippen molar-refractivity contribution >= 4 is 0 Å². The Morgan fingerprint density at radius 2 is 1.94 bits per heavy atom. The summed E-state index contributed by atoms with van der Waals surface area (Å²) in [6.07, 6.45) is 0.585. The molecule has 0 aliphatic carbocycles. The van der Waals surface area contributed by atoms with Gasteiger partial charge in [0.1, 0.15) is 0 Å². The lowest BCUT2D eigenvalue weighted by atomic mass is 9.99. The molecule has 0 aliphatic rings. The molecular formula is C14H21F2NO. The third-order valence-electron chi connectivity index (χ3n) is 3.10. The van der Waals surface area contributed by atoms with Crippen molar-refractivity contribution in [2.45, 2.75) is 39.3 Å². The fourth-order valence-corrected chi connectivity index (χ4v) is 1.92. The first-order chi connectivity index (χ1) is 8.51. The maximum atomic E-state index is 13.9. The minimum absolute atomic E-state index is 0.0159. The second-order valence-corrected chi connectivity index (χ2v) is 4.49. The molecule has 0 saturated carbocycles. The Balaban J connectivity index is 3.02. The summed E-state index contributed by atoms with van der Waals surface area (Å²) in [5, 5.41) is 3.16. The molecule has 2 unspecified atom stereocenters. The summed E-state index contributed by atoms with van der Waals surface area (Å²) in [5.41, 5.74) is 0.690. The van der Waals surface area contributed by atoms with E-state index in [2.05, 4.69) is 5.32 Å². The summed E-state index contributed by atoms with van der Waals surface area (Å²) in [4.78, 5) is 0. The number of rotatable bonds is 6. The normalized spacial score (nSPS) is 14.6. The molecule has 0 bridgehead atoms. The first kappa shape index (κ1) is 15.1. The first-order valence-electron chi connectivity index (χ1n) is 6.21. The number of ether oxygens (including phenoxy) is 1. The van der Waals surface area contributed by atoms with Crippen molar-refractivity contribution in [1.82, 2.24) is 5.32 Å². The molecule has 0 heterocycles. The number of nitrogens with one attached hydrogen (secondary N) is 1. The summed E-state index contributed by atoms with van der Waals surface area (Å²) < 4.78 is 32.7. The molecule has 0 fully saturated rings. The van der Waals surface area contributed by atoms with Crippen LogP contribution in [0.1, 0.15) is 37.4 Å². The van der Waals surface area contributed by atoms with E-state index in [4.69, 9.17) is 4.74 Å². The molecule has 102 valence electrons. The monoisotopic (exact) mass is 257 g/mol. The van der Waals surface area contributed by atoms with Gasteiger partial charge in [-0.05, 0) is 32.4 Å². The van der Waals surface area contributed by atoms with E-state index in [9.17, 15) is 8.78 Å². The van der Waals surface area contributed by atoms with Crippen LogP contribution in [0.5, 0.6) is 0 Å². The van der Waals surface area contributed by atoms with Gasteiger partial charge >= 0.3 is 0 Å². The van der Waals surface area contributed by atoms with Crippen LogP contribution in [0.4, 0.5) is 8.78 Å². The summed E-state index contributed by atoms with van der Waals surface area (Å²) >= 11 is 0. The van der Waals surface area contributed by atoms with Crippen LogP contribution in [0.25, 0.3) is 0 Å². The van der Waals surface area contributed by atoms with Crippen LogP contribution in [0.2, 0.25) is 0 Å². The molecule has 0 saturated heterocycles. The van der Waals surface area contributed by atoms with Crippen LogP contribution >= 0.6 is 0 Å². The van der Waals surface area contributed by atoms with E-state index in [0.29, 0.717) is 24.1 Å². The largest absolute Gasteiger partial charge is 0.382 e. The molecule has 1 aromatic carbocycles. The molecule has 18 heavy (non-hydrogen) atoms. The van der Waals surface area contributed by atoms with Gasteiger partial charge in [-0.3, -0.25) is 0 Å². The molecule has 1 aromatic rings. The van der Waals surface area contributed by atoms with Crippen molar-refractivity contribution in [2.75, 3.05) is 13.7 Å². The average Bonchev–Trinajstić information content (AvgIpc) is 2.35. The number of benzene rings is 1. The Bertz CT molecular complexity index is 396. The summed E-state index contributed by atoms with van der Waals surface area (Å²) in [6, 6.07) is 3.01. The van der Waals surface area contributed by atoms with Crippen molar-refractivity contribution in [3.05, 3.63) is 34.9 Å². The highest BCUT2D eigenvalue weighted by atomic mass is 19.2. The van der Waals surface area contributed by atoms with Gasteiger partial charge in [0.25, 0.3) is 0 Å². The Morgan fingerprint density at radius 3 is 2.50 bits per heavy atom. The third-order valence-corrected chi connectivity index (χ3v) is 3.10. The lowest BCUT2D eigenvalue weighted by molar-refractivity contribution is 0.100. The topological polar surface area (TPSA) is 21.3 Å². The van der Waals surface area contributed by atoms with Crippen LogP contribution in [-0.4, -0.2) is 19.8 Å². The second-order valence-electron chi connectivity index (χ2n) is 4.49. The van der Waals surface area contributed by atoms with Gasteiger partial charge in [0.05, 0.1) is 6.10 Å². The highest BCUT2D eigenvalue weighted by Crippen LogP contribution is 2.25. The highest BCUT2D eigenvalue weighted by Gasteiger charge is 2.20. The van der Waals surface area contributed by atoms with Crippen LogP contribution in [-0.2, 0) is 4.74 Å². The lowest BCUT2D eigenvalue weighted by Crippen LogP contribution is -2.26. The number of methoxy groups -OCH3 is 1. The van der Waals surface area contributed by atoms with E-state index < -0.39 is 11.6 Å². The van der Waals surface area contributed by atoms with Crippen molar-refractivity contribution < 1.29 is 13.5 Å². The standard InChI is InChI=1S/C14H21F2NO/c1-5-17-12(8-10(3)18-4)11-7-6-9(2)13(15)14(11)16/h6-7,10,12,17H,5,8H2,1-4H3. The lowest BCUT2D eigenvalue weighted by Gasteiger charge is -2.22. The van der Waals surface area contributed by atoms with E-state index in [1.165, 1.54) is 0 Å². The molecule has 0 aliphatic heterocycles. The van der Waals surface area contributed by atoms with Crippen LogP contribution < -0.4 is 5.32 Å². The number of hydrogen-bond donors (Lipinski definition) is 1. The predicted molar refractivity (Wildman–Crippen MR) is 68.6 cm³/mol. The SMILES string of the molecule is CCNC(CC(C)OC)c1ccc(C)c(F)c1F. The Hall–Kier alpha value is -1.00. The molecule has 2 nitrogen and oxygen atoms in total. The Kier molecular flexibility index (Phi) is 5.69. The predicted octanol–water partition coefficient (Wildman–Crippen LogP) is 3.35. The molecule has 0 aromatic heterocycles. The van der Waals surface area contributed by atoms with E-state index in [1.54, 1.807) is 26.2 Å². The Morgan fingerprint density at radius 1 is 1.28 bits per heavy atom. The van der Waals surface area contributed by atoms with Crippen LogP contribution in [0.3, 0.4) is 0 Å². The van der Waals surface area contributed by atoms with Crippen molar-refractivity contribution in [1.29, 1.82) is 0 Å². The summed E-state index contributed by atoms with van der Waals surface area (Å²) in [6.45, 7) is 6.10. The smallest absolute Gasteiger partial charge is 0.163 e. The number of aryl methyl sites for hydroxylation is 1. The van der Waals surface area contributed by atoms with Gasteiger partial charge in [0.2, 0.25) is 0 Å². The quantitative estimate of drug-likeness (QED) is 0.844. The van der Waals surface area contributed by atoms with Gasteiger partial charge in [-0.2, -0.15) is 0 Å². The van der Waals surface area contributed by atoms with Gasteiger partial charge in [-0.25, -0.2) is 8.78 Å². The minimum Gasteiger partial charge on any atom is -0.382 e. The molecule has 1 N–H and O–H groups in total. The van der Waals surface area contributed by atoms with Crippen molar-refractivity contribution in [3.8, 4) is 0 Å². The van der Waals surface area contributed by atoms with Gasteiger partial charge in [0.15, 0.2) is 11.6 Å². The zero-order valence-corrected chi connectivity index (χ0v) is 11.4. The van der Waals surface area contributed by atoms with Gasteiger partial charge in [-0.1, -0.05) is 19.1 Å². The maximum absolute atomic E-state index is 13.9. The van der Waals surface area contributed by atoms with Gasteiger partial charge in [-0.15, -0.1) is 0 Å². The zero-order valence-electron chi connectivity index (χ0n) is 11.4. The number of halogens is 2. The fourth-order valence-electron chi connectivity index (χ4n) is 1.92. The first-order valence-corrected chi connectivity index (χ1v) is 6.21. The van der Waals surface area contributed by atoms with E-state index >= 15 is 0 Å². The van der Waals surface area contributed by atoms with Crippen molar-refractivity contribution in [3.63, 3.8) is 0 Å². The van der Waals surface area contributed by atoms with Crippen molar-refractivity contribution in [2.24, 2.45) is 0 Å². The highest BCUT2D eigenvalue weighted by molar-refractivity contribution is 5.28. The second kappa shape index (κ2) is 6.81. The molecule has 0 radical (unpaired) electrons.